The predicted molar refractivity (Wildman–Crippen MR) is 40.1 cm³/mol. The molecule has 3 nitrogen and oxygen atoms in total. The van der Waals surface area contributed by atoms with E-state index in [-0.39, 0.29) is 6.42 Å². The number of nitrogen functional groups attached to an aromatic ring is 1. The molecule has 0 fully saturated rings. The SMILES string of the molecule is Nc1ccsc1CC(=O)O. The zero-order chi connectivity index (χ0) is 7.56. The highest BCUT2D eigenvalue weighted by Gasteiger charge is 2.04. The smallest absolute Gasteiger partial charge is 0.308 e. The van der Waals surface area contributed by atoms with Crippen LogP contribution in [0.4, 0.5) is 5.69 Å². The molecule has 1 aromatic heterocycles. The van der Waals surface area contributed by atoms with E-state index in [1.807, 2.05) is 0 Å². The summed E-state index contributed by atoms with van der Waals surface area (Å²) < 4.78 is 0. The van der Waals surface area contributed by atoms with Crippen molar-refractivity contribution < 1.29 is 9.90 Å². The van der Waals surface area contributed by atoms with Gasteiger partial charge in [0.15, 0.2) is 0 Å². The first kappa shape index (κ1) is 7.08. The van der Waals surface area contributed by atoms with Gasteiger partial charge in [-0.15, -0.1) is 11.3 Å². The lowest BCUT2D eigenvalue weighted by Gasteiger charge is -1.91. The number of carboxylic acid groups (broad SMARTS) is 1. The van der Waals surface area contributed by atoms with E-state index in [9.17, 15) is 4.79 Å². The van der Waals surface area contributed by atoms with E-state index < -0.39 is 5.97 Å². The molecule has 0 amide bonds. The Kier molecular flexibility index (Phi) is 1.91. The maximum absolute atomic E-state index is 10.2. The Labute approximate surface area is 62.1 Å². The molecule has 0 saturated carbocycles. The second kappa shape index (κ2) is 2.70. The molecule has 0 aliphatic rings. The van der Waals surface area contributed by atoms with Crippen LogP contribution in [0, 0.1) is 0 Å². The highest BCUT2D eigenvalue weighted by Crippen LogP contribution is 2.18. The first-order valence-electron chi connectivity index (χ1n) is 2.74. The van der Waals surface area contributed by atoms with Gasteiger partial charge in [-0.2, -0.15) is 0 Å². The van der Waals surface area contributed by atoms with Crippen molar-refractivity contribution >= 4 is 23.0 Å². The van der Waals surface area contributed by atoms with Gasteiger partial charge in [-0.1, -0.05) is 0 Å². The molecule has 54 valence electrons. The average molecular weight is 157 g/mol. The Morgan fingerprint density at radius 2 is 2.50 bits per heavy atom. The fraction of sp³-hybridized carbons (Fsp3) is 0.167. The second-order valence-corrected chi connectivity index (χ2v) is 2.87. The quantitative estimate of drug-likeness (QED) is 0.672. The first-order chi connectivity index (χ1) is 4.70. The molecule has 3 N–H and O–H groups in total. The molecule has 0 unspecified atom stereocenters. The van der Waals surface area contributed by atoms with E-state index in [0.717, 1.165) is 4.88 Å². The second-order valence-electron chi connectivity index (χ2n) is 1.87. The van der Waals surface area contributed by atoms with E-state index in [1.165, 1.54) is 11.3 Å². The minimum absolute atomic E-state index is 0.0312. The topological polar surface area (TPSA) is 63.3 Å². The Balaban J connectivity index is 2.74. The van der Waals surface area contributed by atoms with Gasteiger partial charge in [0.2, 0.25) is 0 Å². The normalized spacial score (nSPS) is 9.60. The number of carboxylic acids is 1. The lowest BCUT2D eigenvalue weighted by atomic mass is 10.3. The van der Waals surface area contributed by atoms with Gasteiger partial charge in [-0.25, -0.2) is 0 Å². The maximum atomic E-state index is 10.2. The van der Waals surface area contributed by atoms with Crippen molar-refractivity contribution in [3.8, 4) is 0 Å². The van der Waals surface area contributed by atoms with Crippen molar-refractivity contribution in [2.75, 3.05) is 5.73 Å². The van der Waals surface area contributed by atoms with Crippen LogP contribution in [-0.2, 0) is 11.2 Å². The highest BCUT2D eigenvalue weighted by molar-refractivity contribution is 7.10. The third-order valence-corrected chi connectivity index (χ3v) is 2.03. The van der Waals surface area contributed by atoms with Crippen molar-refractivity contribution in [2.45, 2.75) is 6.42 Å². The minimum Gasteiger partial charge on any atom is -0.481 e. The van der Waals surface area contributed by atoms with Crippen molar-refractivity contribution in [3.63, 3.8) is 0 Å². The summed E-state index contributed by atoms with van der Waals surface area (Å²) in [6, 6.07) is 1.71. The minimum atomic E-state index is -0.839. The largest absolute Gasteiger partial charge is 0.481 e. The zero-order valence-electron chi connectivity index (χ0n) is 5.20. The summed E-state index contributed by atoms with van der Waals surface area (Å²) in [4.78, 5) is 10.9. The molecule has 0 radical (unpaired) electrons. The monoisotopic (exact) mass is 157 g/mol. The van der Waals surface area contributed by atoms with E-state index >= 15 is 0 Å². The van der Waals surface area contributed by atoms with Crippen LogP contribution >= 0.6 is 11.3 Å². The molecule has 1 rings (SSSR count). The summed E-state index contributed by atoms with van der Waals surface area (Å²) in [5.74, 6) is -0.839. The van der Waals surface area contributed by atoms with E-state index in [0.29, 0.717) is 5.69 Å². The van der Waals surface area contributed by atoms with Crippen LogP contribution < -0.4 is 5.73 Å². The Morgan fingerprint density at radius 1 is 1.80 bits per heavy atom. The standard InChI is InChI=1S/C6H7NO2S/c7-4-1-2-10-5(4)3-6(8)9/h1-2H,3,7H2,(H,8,9). The highest BCUT2D eigenvalue weighted by atomic mass is 32.1. The molecule has 10 heavy (non-hydrogen) atoms. The molecule has 1 aromatic rings. The molecule has 0 saturated heterocycles. The molecule has 0 aliphatic heterocycles. The van der Waals surface area contributed by atoms with Crippen molar-refractivity contribution in [1.82, 2.24) is 0 Å². The van der Waals surface area contributed by atoms with Gasteiger partial charge in [-0.05, 0) is 11.4 Å². The average Bonchev–Trinajstić information content (AvgIpc) is 2.15. The molecule has 0 aromatic carbocycles. The van der Waals surface area contributed by atoms with Crippen LogP contribution in [0.25, 0.3) is 0 Å². The lowest BCUT2D eigenvalue weighted by Crippen LogP contribution is -1.99. The molecule has 1 heterocycles. The summed E-state index contributed by atoms with van der Waals surface area (Å²) in [6.07, 6.45) is 0.0312. The molecule has 0 bridgehead atoms. The summed E-state index contributed by atoms with van der Waals surface area (Å²) in [5.41, 5.74) is 6.01. The third kappa shape index (κ3) is 1.48. The number of hydrogen-bond donors (Lipinski definition) is 2. The lowest BCUT2D eigenvalue weighted by molar-refractivity contribution is -0.136. The number of rotatable bonds is 2. The summed E-state index contributed by atoms with van der Waals surface area (Å²) in [7, 11) is 0. The van der Waals surface area contributed by atoms with Crippen LogP contribution in [0.5, 0.6) is 0 Å². The summed E-state index contributed by atoms with van der Waals surface area (Å²) in [5, 5.41) is 10.1. The van der Waals surface area contributed by atoms with Crippen LogP contribution in [0.2, 0.25) is 0 Å². The number of aliphatic carboxylic acids is 1. The Bertz CT molecular complexity index is 244. The Morgan fingerprint density at radius 3 is 2.90 bits per heavy atom. The van der Waals surface area contributed by atoms with Gasteiger partial charge in [0.25, 0.3) is 0 Å². The van der Waals surface area contributed by atoms with Gasteiger partial charge in [-0.3, -0.25) is 4.79 Å². The van der Waals surface area contributed by atoms with Crippen molar-refractivity contribution in [2.24, 2.45) is 0 Å². The van der Waals surface area contributed by atoms with Crippen LogP contribution in [0.3, 0.4) is 0 Å². The van der Waals surface area contributed by atoms with Gasteiger partial charge in [0, 0.05) is 10.6 Å². The van der Waals surface area contributed by atoms with Crippen LogP contribution in [0.1, 0.15) is 4.88 Å². The fourth-order valence-electron chi connectivity index (χ4n) is 0.632. The maximum Gasteiger partial charge on any atom is 0.308 e. The molecule has 4 heteroatoms. The molecule has 0 aliphatic carbocycles. The van der Waals surface area contributed by atoms with E-state index in [4.69, 9.17) is 10.8 Å². The fourth-order valence-corrected chi connectivity index (χ4v) is 1.42. The number of thiophene rings is 1. The van der Waals surface area contributed by atoms with Gasteiger partial charge in [0.05, 0.1) is 6.42 Å². The van der Waals surface area contributed by atoms with E-state index in [1.54, 1.807) is 11.4 Å². The predicted octanol–water partition coefficient (Wildman–Crippen LogP) is 0.957. The van der Waals surface area contributed by atoms with Crippen molar-refractivity contribution in [3.05, 3.63) is 16.3 Å². The van der Waals surface area contributed by atoms with E-state index in [2.05, 4.69) is 0 Å². The third-order valence-electron chi connectivity index (χ3n) is 1.09. The van der Waals surface area contributed by atoms with Crippen LogP contribution in [0.15, 0.2) is 11.4 Å². The molecule has 0 spiro atoms. The Hall–Kier alpha value is -1.03. The summed E-state index contributed by atoms with van der Waals surface area (Å²) >= 11 is 1.37. The number of nitrogens with two attached hydrogens (primary N) is 1. The molecular weight excluding hydrogens is 150 g/mol. The summed E-state index contributed by atoms with van der Waals surface area (Å²) in [6.45, 7) is 0. The number of hydrogen-bond acceptors (Lipinski definition) is 3. The molecule has 0 atom stereocenters. The number of anilines is 1. The number of carbonyl (C=O) groups is 1. The first-order valence-corrected chi connectivity index (χ1v) is 3.62. The van der Waals surface area contributed by atoms with Crippen molar-refractivity contribution in [1.29, 1.82) is 0 Å². The van der Waals surface area contributed by atoms with Gasteiger partial charge < -0.3 is 10.8 Å². The van der Waals surface area contributed by atoms with Gasteiger partial charge >= 0.3 is 5.97 Å². The van der Waals surface area contributed by atoms with Crippen LogP contribution in [-0.4, -0.2) is 11.1 Å². The molecular formula is C6H7NO2S. The zero-order valence-corrected chi connectivity index (χ0v) is 6.02. The van der Waals surface area contributed by atoms with Gasteiger partial charge in [0.1, 0.15) is 0 Å².